The Kier molecular flexibility index (Phi) is 7.91. The third kappa shape index (κ3) is 4.86. The van der Waals surface area contributed by atoms with Gasteiger partial charge in [0.2, 0.25) is 0 Å². The predicted molar refractivity (Wildman–Crippen MR) is 251 cm³/mol. The fraction of sp³-hybridized carbons (Fsp3) is 0.0345. The molecule has 0 unspecified atom stereocenters. The Balaban J connectivity index is 1.14. The van der Waals surface area contributed by atoms with E-state index in [0.29, 0.717) is 0 Å². The van der Waals surface area contributed by atoms with Crippen molar-refractivity contribution in [1.82, 2.24) is 0 Å². The minimum atomic E-state index is -0.507. The zero-order valence-corrected chi connectivity index (χ0v) is 33.7. The van der Waals surface area contributed by atoms with Crippen LogP contribution in [0.1, 0.15) is 44.5 Å². The quantitative estimate of drug-likeness (QED) is 0.156. The molecule has 0 atom stereocenters. The number of anilines is 3. The van der Waals surface area contributed by atoms with E-state index >= 15 is 0 Å². The Hall–Kier alpha value is -7.26. The molecule has 12 rings (SSSR count). The van der Waals surface area contributed by atoms with Crippen molar-refractivity contribution in [2.75, 3.05) is 4.90 Å². The number of thiophene rings is 1. The van der Waals surface area contributed by atoms with Crippen LogP contribution in [0.5, 0.6) is 0 Å². The molecule has 0 saturated heterocycles. The van der Waals surface area contributed by atoms with Gasteiger partial charge in [0.05, 0.1) is 21.2 Å². The van der Waals surface area contributed by atoms with Crippen LogP contribution in [0.25, 0.3) is 32.3 Å². The molecule has 0 bridgehead atoms. The third-order valence-corrected chi connectivity index (χ3v) is 14.1. The molecular formula is C58H39NS. The zero-order chi connectivity index (χ0) is 39.7. The lowest BCUT2D eigenvalue weighted by Crippen LogP contribution is -2.29. The van der Waals surface area contributed by atoms with Crippen molar-refractivity contribution >= 4 is 38.5 Å². The van der Waals surface area contributed by atoms with Crippen molar-refractivity contribution in [2.45, 2.75) is 10.8 Å². The Bertz CT molecular complexity index is 3120. The van der Waals surface area contributed by atoms with Crippen molar-refractivity contribution in [1.29, 1.82) is 0 Å². The summed E-state index contributed by atoms with van der Waals surface area (Å²) in [5.74, 6) is 0. The molecule has 2 aliphatic rings. The minimum absolute atomic E-state index is 0.462. The van der Waals surface area contributed by atoms with Crippen LogP contribution in [0.3, 0.4) is 0 Å². The van der Waals surface area contributed by atoms with Crippen molar-refractivity contribution in [3.63, 3.8) is 0 Å². The molecule has 2 heteroatoms. The molecule has 1 heterocycles. The fourth-order valence-corrected chi connectivity index (χ4v) is 11.6. The lowest BCUT2D eigenvalue weighted by molar-refractivity contribution is 0.768. The summed E-state index contributed by atoms with van der Waals surface area (Å²) in [7, 11) is 0. The molecular weight excluding hydrogens is 743 g/mol. The monoisotopic (exact) mass is 781 g/mol. The first-order valence-electron chi connectivity index (χ1n) is 20.8. The molecule has 10 aromatic rings. The Morgan fingerprint density at radius 2 is 0.767 bits per heavy atom. The smallest absolute Gasteiger partial charge is 0.0714 e. The molecule has 0 spiro atoms. The van der Waals surface area contributed by atoms with Gasteiger partial charge < -0.3 is 4.90 Å². The molecule has 0 amide bonds. The van der Waals surface area contributed by atoms with Gasteiger partial charge in [-0.25, -0.2) is 0 Å². The summed E-state index contributed by atoms with van der Waals surface area (Å²) >= 11 is 1.81. The van der Waals surface area contributed by atoms with Crippen LogP contribution < -0.4 is 4.90 Å². The molecule has 60 heavy (non-hydrogen) atoms. The summed E-state index contributed by atoms with van der Waals surface area (Å²) in [6, 6.07) is 85.8. The first-order chi connectivity index (χ1) is 29.8. The standard InChI is InChI=1S/C58H39NS/c1-5-19-41(20-6-1)57(42-21-7-2-8-22-42)52-30-16-14-28-48(52)50-38-45(33-35-53(50)57)59(55-31-17-18-40-36-37-60-56(40)55)46-32-34-49-47-27-13-15-29-51(47)58(54(49)39-46,43-23-9-3-10-24-43)44-25-11-4-12-26-44/h1-39H. The van der Waals surface area contributed by atoms with Crippen molar-refractivity contribution < 1.29 is 0 Å². The van der Waals surface area contributed by atoms with E-state index in [1.165, 1.54) is 82.5 Å². The van der Waals surface area contributed by atoms with E-state index in [1.54, 1.807) is 0 Å². The molecule has 0 fully saturated rings. The van der Waals surface area contributed by atoms with E-state index in [9.17, 15) is 0 Å². The highest BCUT2D eigenvalue weighted by molar-refractivity contribution is 7.17. The van der Waals surface area contributed by atoms with E-state index in [0.717, 1.165) is 11.4 Å². The van der Waals surface area contributed by atoms with Crippen LogP contribution in [-0.4, -0.2) is 0 Å². The van der Waals surface area contributed by atoms with Gasteiger partial charge in [-0.2, -0.15) is 0 Å². The molecule has 9 aromatic carbocycles. The first-order valence-corrected chi connectivity index (χ1v) is 21.6. The topological polar surface area (TPSA) is 3.24 Å². The molecule has 2 aliphatic carbocycles. The number of nitrogens with zero attached hydrogens (tertiary/aromatic N) is 1. The summed E-state index contributed by atoms with van der Waals surface area (Å²) < 4.78 is 1.27. The second-order valence-corrected chi connectivity index (χ2v) is 16.9. The highest BCUT2D eigenvalue weighted by Crippen LogP contribution is 2.59. The second kappa shape index (κ2) is 13.7. The number of benzene rings is 9. The van der Waals surface area contributed by atoms with Crippen LogP contribution >= 0.6 is 11.3 Å². The van der Waals surface area contributed by atoms with Crippen LogP contribution in [0.4, 0.5) is 17.1 Å². The van der Waals surface area contributed by atoms with Crippen LogP contribution in [0.2, 0.25) is 0 Å². The van der Waals surface area contributed by atoms with Crippen LogP contribution in [0.15, 0.2) is 236 Å². The van der Waals surface area contributed by atoms with Gasteiger partial charge >= 0.3 is 0 Å². The van der Waals surface area contributed by atoms with Gasteiger partial charge in [-0.3, -0.25) is 0 Å². The maximum Gasteiger partial charge on any atom is 0.0714 e. The maximum absolute atomic E-state index is 2.51. The van der Waals surface area contributed by atoms with Gasteiger partial charge in [0.25, 0.3) is 0 Å². The number of fused-ring (bicyclic) bond motifs is 7. The normalized spacial score (nSPS) is 13.9. The average Bonchev–Trinajstić information content (AvgIpc) is 4.01. The SMILES string of the molecule is c1ccc(C2(c3ccccc3)c3ccccc3-c3cc(N(c4ccc5c(c4)C(c4ccccc4)(c4ccccc4)c4ccccc4-5)c4cccc5ccsc45)ccc32)cc1. The summed E-state index contributed by atoms with van der Waals surface area (Å²) in [6.45, 7) is 0. The van der Waals surface area contributed by atoms with Gasteiger partial charge in [-0.15, -0.1) is 11.3 Å². The molecule has 0 saturated carbocycles. The maximum atomic E-state index is 2.51. The van der Waals surface area contributed by atoms with Crippen molar-refractivity contribution in [3.05, 3.63) is 280 Å². The highest BCUT2D eigenvalue weighted by atomic mass is 32.1. The number of hydrogen-bond donors (Lipinski definition) is 0. The van der Waals surface area contributed by atoms with Gasteiger partial charge in [-0.05, 0) is 114 Å². The molecule has 1 nitrogen and oxygen atoms in total. The van der Waals surface area contributed by atoms with Crippen molar-refractivity contribution in [3.8, 4) is 22.3 Å². The molecule has 282 valence electrons. The van der Waals surface area contributed by atoms with E-state index in [1.807, 2.05) is 11.3 Å². The third-order valence-electron chi connectivity index (χ3n) is 13.1. The molecule has 0 N–H and O–H groups in total. The average molecular weight is 782 g/mol. The van der Waals surface area contributed by atoms with Crippen LogP contribution in [-0.2, 0) is 10.8 Å². The second-order valence-electron chi connectivity index (χ2n) is 16.0. The first kappa shape index (κ1) is 34.8. The van der Waals surface area contributed by atoms with E-state index in [-0.39, 0.29) is 0 Å². The summed E-state index contributed by atoms with van der Waals surface area (Å²) in [5, 5.41) is 3.46. The fourth-order valence-electron chi connectivity index (χ4n) is 10.7. The van der Waals surface area contributed by atoms with Gasteiger partial charge in [0.15, 0.2) is 0 Å². The zero-order valence-electron chi connectivity index (χ0n) is 32.9. The van der Waals surface area contributed by atoms with Gasteiger partial charge in [0, 0.05) is 11.4 Å². The van der Waals surface area contributed by atoms with E-state index < -0.39 is 10.8 Å². The minimum Gasteiger partial charge on any atom is -0.309 e. The summed E-state index contributed by atoms with van der Waals surface area (Å²) in [4.78, 5) is 2.51. The van der Waals surface area contributed by atoms with Gasteiger partial charge in [0.1, 0.15) is 0 Å². The van der Waals surface area contributed by atoms with Gasteiger partial charge in [-0.1, -0.05) is 194 Å². The van der Waals surface area contributed by atoms with E-state index in [4.69, 9.17) is 0 Å². The van der Waals surface area contributed by atoms with E-state index in [2.05, 4.69) is 241 Å². The van der Waals surface area contributed by atoms with Crippen LogP contribution in [0, 0.1) is 0 Å². The molecule has 1 aromatic heterocycles. The number of hydrogen-bond acceptors (Lipinski definition) is 2. The molecule has 0 aliphatic heterocycles. The van der Waals surface area contributed by atoms with Crippen molar-refractivity contribution in [2.24, 2.45) is 0 Å². The Morgan fingerprint density at radius 3 is 1.35 bits per heavy atom. The Labute approximate surface area is 355 Å². The Morgan fingerprint density at radius 1 is 0.317 bits per heavy atom. The number of rotatable bonds is 7. The molecule has 0 radical (unpaired) electrons. The summed E-state index contributed by atoms with van der Waals surface area (Å²) in [6.07, 6.45) is 0. The largest absolute Gasteiger partial charge is 0.309 e. The predicted octanol–water partition coefficient (Wildman–Crippen LogP) is 15.1. The lowest BCUT2D eigenvalue weighted by atomic mass is 9.67. The lowest BCUT2D eigenvalue weighted by Gasteiger charge is -2.35. The highest BCUT2D eigenvalue weighted by Gasteiger charge is 2.48. The summed E-state index contributed by atoms with van der Waals surface area (Å²) in [5.41, 5.74) is 17.8.